The number of anilines is 2. The summed E-state index contributed by atoms with van der Waals surface area (Å²) >= 11 is 0. The Balaban J connectivity index is 1.29. The van der Waals surface area contributed by atoms with Crippen LogP contribution in [0.2, 0.25) is 0 Å². The number of benzene rings is 8. The molecule has 1 heterocycles. The van der Waals surface area contributed by atoms with E-state index < -0.39 is 0 Å². The van der Waals surface area contributed by atoms with Crippen molar-refractivity contribution in [3.8, 4) is 0 Å². The van der Waals surface area contributed by atoms with Gasteiger partial charge in [-0.1, -0.05) is 217 Å². The van der Waals surface area contributed by atoms with Crippen molar-refractivity contribution in [3.63, 3.8) is 0 Å². The maximum atomic E-state index is 2.77. The number of aryl methyl sites for hydroxylation is 10. The summed E-state index contributed by atoms with van der Waals surface area (Å²) in [5.41, 5.74) is 31.9. The molecule has 348 valence electrons. The van der Waals surface area contributed by atoms with Crippen LogP contribution in [-0.4, -0.2) is 6.67 Å². The van der Waals surface area contributed by atoms with Crippen LogP contribution in [0.15, 0.2) is 133 Å². The average Bonchev–Trinajstić information content (AvgIpc) is 3.83. The quantitative estimate of drug-likeness (QED) is 0.135. The second-order valence-corrected chi connectivity index (χ2v) is 21.6. The summed E-state index contributed by atoms with van der Waals surface area (Å²) in [4.78, 5) is 5.53. The first-order valence-corrected chi connectivity index (χ1v) is 25.4. The molecule has 2 aliphatic rings. The van der Waals surface area contributed by atoms with Crippen molar-refractivity contribution in [2.75, 3.05) is 16.5 Å². The van der Waals surface area contributed by atoms with Gasteiger partial charge in [0.05, 0.1) is 22.8 Å². The van der Waals surface area contributed by atoms with Crippen LogP contribution < -0.4 is 9.80 Å². The minimum atomic E-state index is 0.140. The second kappa shape index (κ2) is 17.7. The van der Waals surface area contributed by atoms with E-state index in [4.69, 9.17) is 0 Å². The number of hydrogen-bond donors (Lipinski definition) is 0. The molecule has 8 aromatic carbocycles. The van der Waals surface area contributed by atoms with Gasteiger partial charge in [0.25, 0.3) is 0 Å². The molecule has 4 atom stereocenters. The fourth-order valence-electron chi connectivity index (χ4n) is 12.6. The summed E-state index contributed by atoms with van der Waals surface area (Å²) < 4.78 is 0. The minimum Gasteiger partial charge on any atom is -0.320 e. The smallest absolute Gasteiger partial charge is 0.100 e. The highest BCUT2D eigenvalue weighted by atomic mass is 15.4. The van der Waals surface area contributed by atoms with E-state index >= 15 is 0 Å². The third-order valence-electron chi connectivity index (χ3n) is 15.5. The molecule has 0 N–H and O–H groups in total. The van der Waals surface area contributed by atoms with Gasteiger partial charge < -0.3 is 9.80 Å². The van der Waals surface area contributed by atoms with Crippen molar-refractivity contribution >= 4 is 33.5 Å². The summed E-state index contributed by atoms with van der Waals surface area (Å²) in [6, 6.07) is 52.5. The molecule has 10 rings (SSSR count). The van der Waals surface area contributed by atoms with Crippen molar-refractivity contribution in [2.45, 2.75) is 121 Å². The van der Waals surface area contributed by atoms with E-state index in [9.17, 15) is 0 Å². The van der Waals surface area contributed by atoms with Crippen LogP contribution in [0, 0.1) is 69.2 Å². The molecule has 0 fully saturated rings. The van der Waals surface area contributed by atoms with Crippen LogP contribution >= 0.6 is 0 Å². The summed E-state index contributed by atoms with van der Waals surface area (Å²) in [6.07, 6.45) is 0. The maximum Gasteiger partial charge on any atom is 0.100 e. The zero-order chi connectivity index (χ0) is 48.7. The first kappa shape index (κ1) is 46.1. The Kier molecular flexibility index (Phi) is 11.8. The van der Waals surface area contributed by atoms with E-state index in [0.717, 1.165) is 0 Å². The third kappa shape index (κ3) is 8.30. The number of rotatable bonds is 10. The van der Waals surface area contributed by atoms with Crippen LogP contribution in [0.5, 0.6) is 0 Å². The first-order valence-electron chi connectivity index (χ1n) is 25.4. The summed E-state index contributed by atoms with van der Waals surface area (Å²) in [5.74, 6) is 0.559. The molecule has 2 nitrogen and oxygen atoms in total. The molecule has 0 amide bonds. The fraction of sp³-hybridized carbons (Fsp3) is 0.284. The van der Waals surface area contributed by atoms with Gasteiger partial charge in [-0.05, 0) is 119 Å². The summed E-state index contributed by atoms with van der Waals surface area (Å²) in [6.45, 7) is 33.0. The maximum absolute atomic E-state index is 2.77. The van der Waals surface area contributed by atoms with Gasteiger partial charge in [-0.15, -0.1) is 0 Å². The molecule has 0 radical (unpaired) electrons. The van der Waals surface area contributed by atoms with Crippen LogP contribution in [0.3, 0.4) is 0 Å². The van der Waals surface area contributed by atoms with E-state index in [1.165, 1.54) is 145 Å². The van der Waals surface area contributed by atoms with Gasteiger partial charge in [-0.2, -0.15) is 0 Å². The highest BCUT2D eigenvalue weighted by molar-refractivity contribution is 6.21. The zero-order valence-electron chi connectivity index (χ0n) is 43.6. The van der Waals surface area contributed by atoms with Gasteiger partial charge in [0, 0.05) is 40.2 Å². The largest absolute Gasteiger partial charge is 0.320 e. The Morgan fingerprint density at radius 2 is 0.565 bits per heavy atom. The van der Waals surface area contributed by atoms with Gasteiger partial charge in [0.2, 0.25) is 0 Å². The molecular formula is C67H70N2. The van der Waals surface area contributed by atoms with Gasteiger partial charge in [0.15, 0.2) is 0 Å². The lowest BCUT2D eigenvalue weighted by Gasteiger charge is -2.36. The first-order chi connectivity index (χ1) is 32.9. The van der Waals surface area contributed by atoms with Gasteiger partial charge in [0.1, 0.15) is 6.67 Å². The van der Waals surface area contributed by atoms with Crippen molar-refractivity contribution in [3.05, 3.63) is 245 Å². The van der Waals surface area contributed by atoms with E-state index in [1.807, 2.05) is 0 Å². The molecule has 69 heavy (non-hydrogen) atoms. The average molecular weight is 903 g/mol. The highest BCUT2D eigenvalue weighted by Crippen LogP contribution is 2.56. The van der Waals surface area contributed by atoms with Gasteiger partial charge in [-0.25, -0.2) is 0 Å². The van der Waals surface area contributed by atoms with Gasteiger partial charge in [-0.3, -0.25) is 0 Å². The predicted octanol–water partition coefficient (Wildman–Crippen LogP) is 17.7. The topological polar surface area (TPSA) is 6.48 Å². The normalized spacial score (nSPS) is 15.0. The van der Waals surface area contributed by atoms with Crippen molar-refractivity contribution in [1.82, 2.24) is 0 Å². The molecule has 0 aromatic heterocycles. The number of nitrogens with zero attached hydrogens (tertiary/aromatic N) is 2. The second-order valence-electron chi connectivity index (χ2n) is 21.6. The lowest BCUT2D eigenvalue weighted by atomic mass is 9.82. The monoisotopic (exact) mass is 903 g/mol. The van der Waals surface area contributed by atoms with E-state index in [1.54, 1.807) is 0 Å². The van der Waals surface area contributed by atoms with Crippen molar-refractivity contribution < 1.29 is 0 Å². The fourth-order valence-corrected chi connectivity index (χ4v) is 12.6. The Morgan fingerprint density at radius 1 is 0.319 bits per heavy atom. The minimum absolute atomic E-state index is 0.140. The molecule has 1 aliphatic heterocycles. The van der Waals surface area contributed by atoms with Crippen LogP contribution in [0.4, 0.5) is 11.4 Å². The number of fused-ring (bicyclic) bond motifs is 2. The summed E-state index contributed by atoms with van der Waals surface area (Å²) in [5, 5.41) is 2.63. The van der Waals surface area contributed by atoms with E-state index in [0.29, 0.717) is 6.67 Å². The zero-order valence-corrected chi connectivity index (χ0v) is 43.6. The highest BCUT2D eigenvalue weighted by Gasteiger charge is 2.43. The van der Waals surface area contributed by atoms with Gasteiger partial charge >= 0.3 is 0 Å². The Hall–Kier alpha value is -6.64. The molecule has 0 bridgehead atoms. The van der Waals surface area contributed by atoms with E-state index in [2.05, 4.69) is 240 Å². The lowest BCUT2D eigenvalue weighted by Crippen LogP contribution is -2.32. The molecule has 0 spiro atoms. The SMILES string of the molecule is Cc1cc(C)cc([C@@H](C)c2cc(C)cc([C@H](C)c3cc(C)cc(C)c3)c2N2CN(c3c([C@H](C)c4cc(C)cc(C)c4)cc(C)cc3[C@H](C)c3cc(C)cc(C)c3)C3=C2c2cccc4cccc3c24)c1. The standard InChI is InChI=1S/C67H70N2/c1-38-21-39(2)26-53(25-38)48(11)59-33-46(9)34-60(49(12)54-27-40(3)22-41(4)28-54)64(59)68-37-69(67-58-20-16-18-52-17-15-19-57(63(52)58)66(67)68)65-61(50(13)55-29-42(5)23-43(6)30-55)35-47(10)36-62(65)51(14)56-31-44(7)24-45(8)32-56/h15-36,48-51H,37H2,1-14H3/t48-,49-,50-,51-/m1/s1. The van der Waals surface area contributed by atoms with E-state index in [-0.39, 0.29) is 23.7 Å². The van der Waals surface area contributed by atoms with Crippen molar-refractivity contribution in [1.29, 1.82) is 0 Å². The molecule has 0 saturated carbocycles. The molecule has 2 heteroatoms. The molecule has 8 aromatic rings. The Labute approximate surface area is 413 Å². The third-order valence-corrected chi connectivity index (χ3v) is 15.5. The number of hydrogen-bond acceptors (Lipinski definition) is 2. The van der Waals surface area contributed by atoms with Crippen LogP contribution in [0.25, 0.3) is 22.2 Å². The Morgan fingerprint density at radius 3 is 0.826 bits per heavy atom. The molecule has 0 saturated heterocycles. The van der Waals surface area contributed by atoms with Crippen molar-refractivity contribution in [2.24, 2.45) is 0 Å². The molecular weight excluding hydrogens is 833 g/mol. The van der Waals surface area contributed by atoms with Crippen LogP contribution in [-0.2, 0) is 0 Å². The predicted molar refractivity (Wildman–Crippen MR) is 297 cm³/mol. The summed E-state index contributed by atoms with van der Waals surface area (Å²) in [7, 11) is 0. The van der Waals surface area contributed by atoms with Crippen LogP contribution in [0.1, 0.15) is 163 Å². The Bertz CT molecular complexity index is 2940. The molecule has 0 unspecified atom stereocenters. The lowest BCUT2D eigenvalue weighted by molar-refractivity contribution is 0.839. The molecule has 1 aliphatic carbocycles.